The molecular formula is C13H20O3. The third-order valence-electron chi connectivity index (χ3n) is 2.39. The monoisotopic (exact) mass is 224 g/mol. The minimum Gasteiger partial charge on any atom is -0.497 e. The van der Waals surface area contributed by atoms with Gasteiger partial charge in [0.05, 0.1) is 13.2 Å². The first-order chi connectivity index (χ1) is 7.76. The Morgan fingerprint density at radius 2 is 1.81 bits per heavy atom. The fourth-order valence-corrected chi connectivity index (χ4v) is 1.39. The molecule has 0 aliphatic heterocycles. The molecule has 16 heavy (non-hydrogen) atoms. The first-order valence-electron chi connectivity index (χ1n) is 5.71. The summed E-state index contributed by atoms with van der Waals surface area (Å²) in [7, 11) is 1.63. The van der Waals surface area contributed by atoms with Crippen molar-refractivity contribution in [3.05, 3.63) is 24.3 Å². The van der Waals surface area contributed by atoms with E-state index in [1.807, 2.05) is 24.3 Å². The van der Waals surface area contributed by atoms with Gasteiger partial charge in [-0.3, -0.25) is 0 Å². The van der Waals surface area contributed by atoms with Crippen LogP contribution < -0.4 is 9.47 Å². The van der Waals surface area contributed by atoms with Crippen LogP contribution >= 0.6 is 0 Å². The zero-order valence-electron chi connectivity index (χ0n) is 9.98. The summed E-state index contributed by atoms with van der Waals surface area (Å²) in [5.74, 6) is 1.57. The average molecular weight is 224 g/mol. The van der Waals surface area contributed by atoms with Gasteiger partial charge in [-0.05, 0) is 30.7 Å². The van der Waals surface area contributed by atoms with E-state index in [1.54, 1.807) is 7.11 Å². The molecule has 0 fully saturated rings. The predicted octanol–water partition coefficient (Wildman–Crippen LogP) is 2.63. The second-order valence-corrected chi connectivity index (χ2v) is 3.78. The lowest BCUT2D eigenvalue weighted by Crippen LogP contribution is -2.17. The molecule has 1 rings (SSSR count). The molecular weight excluding hydrogens is 204 g/mol. The van der Waals surface area contributed by atoms with Gasteiger partial charge in [-0.2, -0.15) is 0 Å². The molecule has 0 aromatic heterocycles. The van der Waals surface area contributed by atoms with Gasteiger partial charge in [-0.15, -0.1) is 0 Å². The summed E-state index contributed by atoms with van der Waals surface area (Å²) >= 11 is 0. The number of rotatable bonds is 7. The molecule has 0 aliphatic carbocycles. The lowest BCUT2D eigenvalue weighted by atomic mass is 10.2. The Labute approximate surface area is 97.0 Å². The van der Waals surface area contributed by atoms with E-state index in [-0.39, 0.29) is 6.10 Å². The normalized spacial score (nSPS) is 12.2. The Morgan fingerprint density at radius 1 is 1.19 bits per heavy atom. The fourth-order valence-electron chi connectivity index (χ4n) is 1.39. The van der Waals surface area contributed by atoms with E-state index >= 15 is 0 Å². The highest BCUT2D eigenvalue weighted by Gasteiger charge is 2.04. The molecule has 0 amide bonds. The van der Waals surface area contributed by atoms with Crippen LogP contribution in [0, 0.1) is 0 Å². The molecule has 0 aliphatic rings. The van der Waals surface area contributed by atoms with E-state index in [9.17, 15) is 5.11 Å². The third-order valence-corrected chi connectivity index (χ3v) is 2.39. The highest BCUT2D eigenvalue weighted by atomic mass is 16.5. The van der Waals surface area contributed by atoms with Crippen molar-refractivity contribution in [2.75, 3.05) is 13.7 Å². The molecule has 1 atom stereocenters. The zero-order valence-corrected chi connectivity index (χ0v) is 9.98. The standard InChI is InChI=1S/C13H20O3/c1-3-4-5-11(14)10-16-13-8-6-12(15-2)7-9-13/h6-9,11,14H,3-5,10H2,1-2H3/t11-/m0/s1. The Bertz CT molecular complexity index is 282. The number of aliphatic hydroxyl groups is 1. The molecule has 0 heterocycles. The summed E-state index contributed by atoms with van der Waals surface area (Å²) in [4.78, 5) is 0. The molecule has 0 saturated heterocycles. The van der Waals surface area contributed by atoms with Crippen molar-refractivity contribution < 1.29 is 14.6 Å². The van der Waals surface area contributed by atoms with Gasteiger partial charge in [-0.1, -0.05) is 19.8 Å². The van der Waals surface area contributed by atoms with Crippen LogP contribution in [-0.4, -0.2) is 24.9 Å². The van der Waals surface area contributed by atoms with E-state index in [2.05, 4.69) is 6.92 Å². The molecule has 1 aromatic rings. The van der Waals surface area contributed by atoms with Gasteiger partial charge in [0.1, 0.15) is 18.1 Å². The van der Waals surface area contributed by atoms with Gasteiger partial charge in [0.2, 0.25) is 0 Å². The molecule has 1 N–H and O–H groups in total. The maximum absolute atomic E-state index is 9.59. The lowest BCUT2D eigenvalue weighted by Gasteiger charge is -2.12. The third kappa shape index (κ3) is 4.53. The minimum atomic E-state index is -0.373. The predicted molar refractivity (Wildman–Crippen MR) is 64.0 cm³/mol. The summed E-state index contributed by atoms with van der Waals surface area (Å²) < 4.78 is 10.5. The SMILES string of the molecule is CCCC[C@H](O)COc1ccc(OC)cc1. The van der Waals surface area contributed by atoms with Gasteiger partial charge in [0, 0.05) is 0 Å². The van der Waals surface area contributed by atoms with Crippen molar-refractivity contribution in [2.24, 2.45) is 0 Å². The number of unbranched alkanes of at least 4 members (excludes halogenated alkanes) is 1. The second-order valence-electron chi connectivity index (χ2n) is 3.78. The molecule has 3 nitrogen and oxygen atoms in total. The Hall–Kier alpha value is -1.22. The van der Waals surface area contributed by atoms with Gasteiger partial charge < -0.3 is 14.6 Å². The first kappa shape index (κ1) is 12.8. The summed E-state index contributed by atoms with van der Waals surface area (Å²) in [6.07, 6.45) is 2.56. The highest BCUT2D eigenvalue weighted by Crippen LogP contribution is 2.17. The molecule has 1 aromatic carbocycles. The van der Waals surface area contributed by atoms with E-state index < -0.39 is 0 Å². The maximum Gasteiger partial charge on any atom is 0.119 e. The lowest BCUT2D eigenvalue weighted by molar-refractivity contribution is 0.0980. The summed E-state index contributed by atoms with van der Waals surface area (Å²) in [5, 5.41) is 9.59. The van der Waals surface area contributed by atoms with E-state index in [0.717, 1.165) is 30.8 Å². The van der Waals surface area contributed by atoms with Crippen LogP contribution in [0.25, 0.3) is 0 Å². The van der Waals surface area contributed by atoms with Gasteiger partial charge >= 0.3 is 0 Å². The Balaban J connectivity index is 2.30. The maximum atomic E-state index is 9.59. The number of aliphatic hydroxyl groups excluding tert-OH is 1. The minimum absolute atomic E-state index is 0.354. The number of benzene rings is 1. The van der Waals surface area contributed by atoms with Crippen LogP contribution in [-0.2, 0) is 0 Å². The van der Waals surface area contributed by atoms with Crippen molar-refractivity contribution in [3.8, 4) is 11.5 Å². The van der Waals surface area contributed by atoms with Crippen LogP contribution in [0.15, 0.2) is 24.3 Å². The van der Waals surface area contributed by atoms with Crippen molar-refractivity contribution >= 4 is 0 Å². The van der Waals surface area contributed by atoms with Crippen LogP contribution in [0.3, 0.4) is 0 Å². The van der Waals surface area contributed by atoms with E-state index in [0.29, 0.717) is 6.61 Å². The smallest absolute Gasteiger partial charge is 0.119 e. The first-order valence-corrected chi connectivity index (χ1v) is 5.71. The number of methoxy groups -OCH3 is 1. The molecule has 0 spiro atoms. The van der Waals surface area contributed by atoms with Gasteiger partial charge in [0.15, 0.2) is 0 Å². The quantitative estimate of drug-likeness (QED) is 0.773. The molecule has 0 radical (unpaired) electrons. The van der Waals surface area contributed by atoms with Crippen molar-refractivity contribution in [1.29, 1.82) is 0 Å². The summed E-state index contributed by atoms with van der Waals surface area (Å²) in [6.45, 7) is 2.46. The van der Waals surface area contributed by atoms with Crippen molar-refractivity contribution in [2.45, 2.75) is 32.3 Å². The van der Waals surface area contributed by atoms with E-state index in [4.69, 9.17) is 9.47 Å². The largest absolute Gasteiger partial charge is 0.497 e. The molecule has 3 heteroatoms. The van der Waals surface area contributed by atoms with Crippen LogP contribution in [0.2, 0.25) is 0 Å². The van der Waals surface area contributed by atoms with Crippen LogP contribution in [0.4, 0.5) is 0 Å². The zero-order chi connectivity index (χ0) is 11.8. The van der Waals surface area contributed by atoms with Crippen LogP contribution in [0.5, 0.6) is 11.5 Å². The molecule has 0 unspecified atom stereocenters. The average Bonchev–Trinajstić information content (AvgIpc) is 2.34. The Morgan fingerprint density at radius 3 is 2.38 bits per heavy atom. The van der Waals surface area contributed by atoms with Gasteiger partial charge in [-0.25, -0.2) is 0 Å². The number of ether oxygens (including phenoxy) is 2. The molecule has 0 saturated carbocycles. The van der Waals surface area contributed by atoms with Crippen molar-refractivity contribution in [1.82, 2.24) is 0 Å². The van der Waals surface area contributed by atoms with E-state index in [1.165, 1.54) is 0 Å². The topological polar surface area (TPSA) is 38.7 Å². The molecule has 90 valence electrons. The molecule has 0 bridgehead atoms. The van der Waals surface area contributed by atoms with Gasteiger partial charge in [0.25, 0.3) is 0 Å². The summed E-state index contributed by atoms with van der Waals surface area (Å²) in [5.41, 5.74) is 0. The highest BCUT2D eigenvalue weighted by molar-refractivity contribution is 5.31. The summed E-state index contributed by atoms with van der Waals surface area (Å²) in [6, 6.07) is 7.36. The number of hydrogen-bond acceptors (Lipinski definition) is 3. The van der Waals surface area contributed by atoms with Crippen molar-refractivity contribution in [3.63, 3.8) is 0 Å². The Kier molecular flexibility index (Phi) is 5.72. The van der Waals surface area contributed by atoms with Crippen LogP contribution in [0.1, 0.15) is 26.2 Å². The fraction of sp³-hybridized carbons (Fsp3) is 0.538. The number of hydrogen-bond donors (Lipinski definition) is 1. The second kappa shape index (κ2) is 7.12.